The maximum absolute atomic E-state index is 12.4. The monoisotopic (exact) mass is 295 g/mol. The summed E-state index contributed by atoms with van der Waals surface area (Å²) in [5.74, 6) is -1.32. The molecule has 0 saturated heterocycles. The Morgan fingerprint density at radius 1 is 1.09 bits per heavy atom. The smallest absolute Gasteiger partial charge is 0.337 e. The van der Waals surface area contributed by atoms with Crippen molar-refractivity contribution in [1.29, 1.82) is 0 Å². The molecule has 1 aliphatic rings. The molecule has 1 amide bonds. The minimum Gasteiger partial charge on any atom is -0.478 e. The summed E-state index contributed by atoms with van der Waals surface area (Å²) in [5.41, 5.74) is 4.29. The van der Waals surface area contributed by atoms with Gasteiger partial charge in [-0.2, -0.15) is 0 Å². The van der Waals surface area contributed by atoms with E-state index in [2.05, 4.69) is 5.32 Å². The molecule has 0 unspecified atom stereocenters. The molecule has 0 fully saturated rings. The Balaban J connectivity index is 1.90. The summed E-state index contributed by atoms with van der Waals surface area (Å²) < 4.78 is 0. The van der Waals surface area contributed by atoms with Crippen molar-refractivity contribution in [2.75, 3.05) is 5.32 Å². The third-order valence-electron chi connectivity index (χ3n) is 4.10. The molecule has 0 aromatic heterocycles. The third kappa shape index (κ3) is 2.60. The summed E-state index contributed by atoms with van der Waals surface area (Å²) >= 11 is 0. The maximum atomic E-state index is 12.4. The number of carboxylic acid groups (broad SMARTS) is 1. The van der Waals surface area contributed by atoms with Gasteiger partial charge in [0, 0.05) is 5.56 Å². The largest absolute Gasteiger partial charge is 0.478 e. The van der Waals surface area contributed by atoms with Crippen LogP contribution in [0.2, 0.25) is 0 Å². The van der Waals surface area contributed by atoms with Gasteiger partial charge >= 0.3 is 5.97 Å². The van der Waals surface area contributed by atoms with Crippen molar-refractivity contribution in [3.63, 3.8) is 0 Å². The number of anilines is 1. The van der Waals surface area contributed by atoms with Crippen molar-refractivity contribution in [3.8, 4) is 0 Å². The van der Waals surface area contributed by atoms with Crippen LogP contribution in [0.4, 0.5) is 5.69 Å². The lowest BCUT2D eigenvalue weighted by atomic mass is 10.0. The summed E-state index contributed by atoms with van der Waals surface area (Å²) in [4.78, 5) is 23.7. The highest BCUT2D eigenvalue weighted by Gasteiger charge is 2.17. The molecule has 0 radical (unpaired) electrons. The highest BCUT2D eigenvalue weighted by Crippen LogP contribution is 2.25. The summed E-state index contributed by atoms with van der Waals surface area (Å²) in [7, 11) is 0. The Kier molecular flexibility index (Phi) is 3.67. The quantitative estimate of drug-likeness (QED) is 0.911. The summed E-state index contributed by atoms with van der Waals surface area (Å²) in [5, 5.41) is 12.0. The number of fused-ring (bicyclic) bond motifs is 1. The predicted octanol–water partition coefficient (Wildman–Crippen LogP) is 3.43. The summed E-state index contributed by atoms with van der Waals surface area (Å²) in [6, 6.07) is 10.7. The van der Waals surface area contributed by atoms with E-state index in [0.29, 0.717) is 11.3 Å². The molecule has 0 heterocycles. The standard InChI is InChI=1S/C18H17NO3/c1-11-4-2-7-15(18(21)22)16(11)19-17(20)14-9-8-12-5-3-6-13(12)10-14/h2,4,7-10H,3,5-6H2,1H3,(H,19,20)(H,21,22). The third-order valence-corrected chi connectivity index (χ3v) is 4.10. The lowest BCUT2D eigenvalue weighted by Crippen LogP contribution is -2.16. The fraction of sp³-hybridized carbons (Fsp3) is 0.222. The van der Waals surface area contributed by atoms with Crippen LogP contribution in [0.15, 0.2) is 36.4 Å². The van der Waals surface area contributed by atoms with Crippen LogP contribution in [-0.2, 0) is 12.8 Å². The van der Waals surface area contributed by atoms with E-state index in [4.69, 9.17) is 0 Å². The van der Waals surface area contributed by atoms with Crippen LogP contribution in [0.3, 0.4) is 0 Å². The molecular weight excluding hydrogens is 278 g/mol. The molecule has 2 aromatic carbocycles. The van der Waals surface area contributed by atoms with Crippen molar-refractivity contribution in [1.82, 2.24) is 0 Å². The van der Waals surface area contributed by atoms with Gasteiger partial charge in [-0.1, -0.05) is 18.2 Å². The number of carboxylic acids is 1. The number of benzene rings is 2. The molecule has 22 heavy (non-hydrogen) atoms. The first-order valence-corrected chi connectivity index (χ1v) is 7.32. The zero-order chi connectivity index (χ0) is 15.7. The van der Waals surface area contributed by atoms with Crippen LogP contribution in [0, 0.1) is 6.92 Å². The van der Waals surface area contributed by atoms with Crippen LogP contribution in [0.5, 0.6) is 0 Å². The second-order valence-electron chi connectivity index (χ2n) is 5.59. The first-order chi connectivity index (χ1) is 10.6. The van der Waals surface area contributed by atoms with E-state index in [1.165, 1.54) is 17.2 Å². The second kappa shape index (κ2) is 5.64. The number of hydrogen-bond acceptors (Lipinski definition) is 2. The lowest BCUT2D eigenvalue weighted by Gasteiger charge is -2.12. The van der Waals surface area contributed by atoms with Gasteiger partial charge in [0.2, 0.25) is 0 Å². The topological polar surface area (TPSA) is 66.4 Å². The van der Waals surface area contributed by atoms with E-state index in [9.17, 15) is 14.7 Å². The van der Waals surface area contributed by atoms with E-state index in [1.807, 2.05) is 12.1 Å². The molecule has 0 saturated carbocycles. The molecule has 0 bridgehead atoms. The van der Waals surface area contributed by atoms with E-state index in [-0.39, 0.29) is 11.5 Å². The van der Waals surface area contributed by atoms with Gasteiger partial charge in [-0.3, -0.25) is 4.79 Å². The lowest BCUT2D eigenvalue weighted by molar-refractivity contribution is 0.0698. The number of carbonyl (C=O) groups excluding carboxylic acids is 1. The van der Waals surface area contributed by atoms with Crippen LogP contribution in [-0.4, -0.2) is 17.0 Å². The van der Waals surface area contributed by atoms with Crippen LogP contribution < -0.4 is 5.32 Å². The number of rotatable bonds is 3. The second-order valence-corrected chi connectivity index (χ2v) is 5.59. The van der Waals surface area contributed by atoms with Gasteiger partial charge in [0.05, 0.1) is 11.3 Å². The number of aromatic carboxylic acids is 1. The number of carbonyl (C=O) groups is 2. The summed E-state index contributed by atoms with van der Waals surface area (Å²) in [6.45, 7) is 1.78. The maximum Gasteiger partial charge on any atom is 0.337 e. The van der Waals surface area contributed by atoms with Gasteiger partial charge in [0.15, 0.2) is 0 Å². The minimum absolute atomic E-state index is 0.106. The van der Waals surface area contributed by atoms with Crippen molar-refractivity contribution in [3.05, 3.63) is 64.2 Å². The van der Waals surface area contributed by atoms with E-state index >= 15 is 0 Å². The Hall–Kier alpha value is -2.62. The number of amides is 1. The van der Waals surface area contributed by atoms with Gasteiger partial charge < -0.3 is 10.4 Å². The number of hydrogen-bond donors (Lipinski definition) is 2. The number of nitrogens with one attached hydrogen (secondary N) is 1. The molecule has 0 atom stereocenters. The molecule has 4 heteroatoms. The van der Waals surface area contributed by atoms with Crippen molar-refractivity contribution >= 4 is 17.6 Å². The molecule has 112 valence electrons. The van der Waals surface area contributed by atoms with Crippen LogP contribution >= 0.6 is 0 Å². The van der Waals surface area contributed by atoms with Gasteiger partial charge in [0.25, 0.3) is 5.91 Å². The zero-order valence-corrected chi connectivity index (χ0v) is 12.3. The highest BCUT2D eigenvalue weighted by atomic mass is 16.4. The molecular formula is C18H17NO3. The van der Waals surface area contributed by atoms with E-state index in [0.717, 1.165) is 24.8 Å². The van der Waals surface area contributed by atoms with Gasteiger partial charge in [-0.15, -0.1) is 0 Å². The normalized spacial score (nSPS) is 12.8. The molecule has 0 aliphatic heterocycles. The SMILES string of the molecule is Cc1cccc(C(=O)O)c1NC(=O)c1ccc2c(c1)CCC2. The van der Waals surface area contributed by atoms with Crippen LogP contribution in [0.1, 0.15) is 43.8 Å². The van der Waals surface area contributed by atoms with Crippen molar-refractivity contribution in [2.24, 2.45) is 0 Å². The molecule has 1 aliphatic carbocycles. The Bertz CT molecular complexity index is 765. The fourth-order valence-corrected chi connectivity index (χ4v) is 2.91. The average molecular weight is 295 g/mol. The van der Waals surface area contributed by atoms with Gasteiger partial charge in [-0.25, -0.2) is 4.79 Å². The predicted molar refractivity (Wildman–Crippen MR) is 84.6 cm³/mol. The van der Waals surface area contributed by atoms with E-state index < -0.39 is 5.97 Å². The minimum atomic E-state index is -1.05. The molecule has 2 aromatic rings. The molecule has 3 rings (SSSR count). The first kappa shape index (κ1) is 14.3. The highest BCUT2D eigenvalue weighted by molar-refractivity contribution is 6.08. The Labute approximate surface area is 128 Å². The summed E-state index contributed by atoms with van der Waals surface area (Å²) in [6.07, 6.45) is 3.20. The van der Waals surface area contributed by atoms with Gasteiger partial charge in [-0.05, 0) is 61.1 Å². The Morgan fingerprint density at radius 2 is 1.86 bits per heavy atom. The average Bonchev–Trinajstić information content (AvgIpc) is 2.96. The fourth-order valence-electron chi connectivity index (χ4n) is 2.91. The molecule has 4 nitrogen and oxygen atoms in total. The Morgan fingerprint density at radius 3 is 2.64 bits per heavy atom. The van der Waals surface area contributed by atoms with Gasteiger partial charge in [0.1, 0.15) is 0 Å². The zero-order valence-electron chi connectivity index (χ0n) is 12.3. The first-order valence-electron chi connectivity index (χ1n) is 7.32. The van der Waals surface area contributed by atoms with Crippen molar-refractivity contribution < 1.29 is 14.7 Å². The molecule has 2 N–H and O–H groups in total. The number of para-hydroxylation sites is 1. The molecule has 0 spiro atoms. The van der Waals surface area contributed by atoms with E-state index in [1.54, 1.807) is 25.1 Å². The number of aryl methyl sites for hydroxylation is 3. The van der Waals surface area contributed by atoms with Crippen molar-refractivity contribution in [2.45, 2.75) is 26.2 Å². The van der Waals surface area contributed by atoms with Crippen LogP contribution in [0.25, 0.3) is 0 Å².